The van der Waals surface area contributed by atoms with Crippen molar-refractivity contribution in [3.8, 4) is 0 Å². The van der Waals surface area contributed by atoms with E-state index in [4.69, 9.17) is 4.98 Å². The van der Waals surface area contributed by atoms with Crippen molar-refractivity contribution in [1.82, 2.24) is 4.98 Å². The van der Waals surface area contributed by atoms with Crippen LogP contribution in [0.25, 0.3) is 10.8 Å². The van der Waals surface area contributed by atoms with Gasteiger partial charge in [-0.15, -0.1) is 0 Å². The van der Waals surface area contributed by atoms with Crippen molar-refractivity contribution in [2.24, 2.45) is 0 Å². The summed E-state index contributed by atoms with van der Waals surface area (Å²) < 4.78 is 0. The first kappa shape index (κ1) is 13.3. The van der Waals surface area contributed by atoms with E-state index in [0.29, 0.717) is 0 Å². The van der Waals surface area contributed by atoms with Crippen LogP contribution in [0.1, 0.15) is 24.1 Å². The first-order valence-electron chi connectivity index (χ1n) is 8.08. The van der Waals surface area contributed by atoms with Crippen LogP contribution in [0.4, 0.5) is 5.82 Å². The van der Waals surface area contributed by atoms with Crippen LogP contribution in [0.5, 0.6) is 0 Å². The third kappa shape index (κ3) is 2.57. The maximum Gasteiger partial charge on any atom is 0.129 e. The normalized spacial score (nSPS) is 14.6. The van der Waals surface area contributed by atoms with Crippen molar-refractivity contribution in [2.45, 2.75) is 19.3 Å². The molecule has 3 aromatic rings. The lowest BCUT2D eigenvalue weighted by Gasteiger charge is -2.18. The molecule has 0 bridgehead atoms. The number of fused-ring (bicyclic) bond motifs is 1. The Bertz CT molecular complexity index is 774. The van der Waals surface area contributed by atoms with E-state index in [1.54, 1.807) is 0 Å². The molecule has 2 aromatic carbocycles. The number of anilines is 1. The number of aromatic nitrogens is 1. The van der Waals surface area contributed by atoms with E-state index in [1.807, 2.05) is 0 Å². The Labute approximate surface area is 131 Å². The average Bonchev–Trinajstić information content (AvgIpc) is 3.10. The lowest BCUT2D eigenvalue weighted by molar-refractivity contribution is 0.926. The molecule has 1 saturated heterocycles. The minimum Gasteiger partial charge on any atom is -0.357 e. The van der Waals surface area contributed by atoms with Gasteiger partial charge in [0.25, 0.3) is 0 Å². The minimum atomic E-state index is 0.892. The summed E-state index contributed by atoms with van der Waals surface area (Å²) in [6.07, 6.45) is 3.45. The summed E-state index contributed by atoms with van der Waals surface area (Å²) in [4.78, 5) is 7.42. The summed E-state index contributed by atoms with van der Waals surface area (Å²) in [5.41, 5.74) is 2.50. The van der Waals surface area contributed by atoms with Gasteiger partial charge in [0.2, 0.25) is 0 Å². The molecule has 0 amide bonds. The fourth-order valence-corrected chi connectivity index (χ4v) is 3.29. The van der Waals surface area contributed by atoms with Crippen LogP contribution in [0.15, 0.2) is 60.7 Å². The molecule has 1 aliphatic heterocycles. The van der Waals surface area contributed by atoms with Gasteiger partial charge in [-0.05, 0) is 29.9 Å². The molecular weight excluding hydrogens is 268 g/mol. The number of hydrogen-bond acceptors (Lipinski definition) is 2. The van der Waals surface area contributed by atoms with Gasteiger partial charge in [-0.2, -0.15) is 0 Å². The van der Waals surface area contributed by atoms with Gasteiger partial charge in [-0.25, -0.2) is 4.98 Å². The van der Waals surface area contributed by atoms with E-state index in [0.717, 1.165) is 25.3 Å². The summed E-state index contributed by atoms with van der Waals surface area (Å²) in [6, 6.07) is 21.5. The topological polar surface area (TPSA) is 16.1 Å². The predicted molar refractivity (Wildman–Crippen MR) is 92.4 cm³/mol. The number of pyridine rings is 1. The molecule has 2 heterocycles. The van der Waals surface area contributed by atoms with Crippen LogP contribution in [0.3, 0.4) is 0 Å². The summed E-state index contributed by atoms with van der Waals surface area (Å²) in [6.45, 7) is 2.27. The quantitative estimate of drug-likeness (QED) is 0.709. The van der Waals surface area contributed by atoms with Crippen molar-refractivity contribution in [1.29, 1.82) is 0 Å². The standard InChI is InChI=1S/C20H20N2/c1-2-8-16(9-3-1)14-19-18-11-5-4-10-17(18)15-20(21-19)22-12-6-7-13-22/h1-5,8-11,15H,6-7,12-14H2. The monoisotopic (exact) mass is 288 g/mol. The zero-order valence-electron chi connectivity index (χ0n) is 12.7. The van der Waals surface area contributed by atoms with E-state index in [-0.39, 0.29) is 0 Å². The summed E-state index contributed by atoms with van der Waals surface area (Å²) >= 11 is 0. The predicted octanol–water partition coefficient (Wildman–Crippen LogP) is 4.43. The van der Waals surface area contributed by atoms with Gasteiger partial charge in [-0.1, -0.05) is 54.6 Å². The molecule has 0 unspecified atom stereocenters. The highest BCUT2D eigenvalue weighted by Crippen LogP contribution is 2.26. The van der Waals surface area contributed by atoms with E-state index >= 15 is 0 Å². The van der Waals surface area contributed by atoms with Crippen molar-refractivity contribution in [3.63, 3.8) is 0 Å². The smallest absolute Gasteiger partial charge is 0.129 e. The molecule has 0 N–H and O–H groups in total. The Morgan fingerprint density at radius 3 is 2.41 bits per heavy atom. The van der Waals surface area contributed by atoms with Gasteiger partial charge in [0.15, 0.2) is 0 Å². The van der Waals surface area contributed by atoms with Gasteiger partial charge < -0.3 is 4.90 Å². The zero-order valence-corrected chi connectivity index (χ0v) is 12.7. The Balaban J connectivity index is 1.80. The molecule has 0 saturated carbocycles. The highest BCUT2D eigenvalue weighted by atomic mass is 15.2. The van der Waals surface area contributed by atoms with Crippen molar-refractivity contribution in [2.75, 3.05) is 18.0 Å². The Kier molecular flexibility index (Phi) is 3.51. The summed E-state index contributed by atoms with van der Waals surface area (Å²) in [5.74, 6) is 1.14. The van der Waals surface area contributed by atoms with Crippen LogP contribution in [0, 0.1) is 0 Å². The van der Waals surface area contributed by atoms with E-state index in [9.17, 15) is 0 Å². The zero-order chi connectivity index (χ0) is 14.8. The lowest BCUT2D eigenvalue weighted by Crippen LogP contribution is -2.19. The largest absolute Gasteiger partial charge is 0.357 e. The molecule has 2 nitrogen and oxygen atoms in total. The first-order valence-corrected chi connectivity index (χ1v) is 8.08. The van der Waals surface area contributed by atoms with E-state index in [2.05, 4.69) is 65.6 Å². The van der Waals surface area contributed by atoms with Crippen molar-refractivity contribution in [3.05, 3.63) is 71.9 Å². The van der Waals surface area contributed by atoms with Crippen molar-refractivity contribution < 1.29 is 0 Å². The number of nitrogens with zero attached hydrogens (tertiary/aromatic N) is 2. The number of benzene rings is 2. The fraction of sp³-hybridized carbons (Fsp3) is 0.250. The van der Waals surface area contributed by atoms with Gasteiger partial charge >= 0.3 is 0 Å². The van der Waals surface area contributed by atoms with Gasteiger partial charge in [-0.3, -0.25) is 0 Å². The minimum absolute atomic E-state index is 0.892. The summed E-state index contributed by atoms with van der Waals surface area (Å²) in [7, 11) is 0. The van der Waals surface area contributed by atoms with Crippen LogP contribution in [-0.2, 0) is 6.42 Å². The van der Waals surface area contributed by atoms with E-state index in [1.165, 1.54) is 34.9 Å². The van der Waals surface area contributed by atoms with Gasteiger partial charge in [0.05, 0.1) is 5.69 Å². The Hall–Kier alpha value is -2.35. The van der Waals surface area contributed by atoms with E-state index < -0.39 is 0 Å². The highest BCUT2D eigenvalue weighted by Gasteiger charge is 2.15. The molecule has 1 aromatic heterocycles. The molecule has 110 valence electrons. The lowest BCUT2D eigenvalue weighted by atomic mass is 10.0. The van der Waals surface area contributed by atoms with Gasteiger partial charge in [0, 0.05) is 24.9 Å². The molecule has 1 aliphatic rings. The second-order valence-electron chi connectivity index (χ2n) is 6.00. The molecule has 2 heteroatoms. The second-order valence-corrected chi connectivity index (χ2v) is 6.00. The Morgan fingerprint density at radius 2 is 1.59 bits per heavy atom. The van der Waals surface area contributed by atoms with Crippen LogP contribution in [-0.4, -0.2) is 18.1 Å². The fourth-order valence-electron chi connectivity index (χ4n) is 3.29. The van der Waals surface area contributed by atoms with Crippen LogP contribution >= 0.6 is 0 Å². The first-order chi connectivity index (χ1) is 10.9. The third-order valence-electron chi connectivity index (χ3n) is 4.45. The Morgan fingerprint density at radius 1 is 0.864 bits per heavy atom. The number of hydrogen-bond donors (Lipinski definition) is 0. The molecule has 0 radical (unpaired) electrons. The average molecular weight is 288 g/mol. The SMILES string of the molecule is c1ccc(Cc2nc(N3CCCC3)cc3ccccc23)cc1. The van der Waals surface area contributed by atoms with Gasteiger partial charge in [0.1, 0.15) is 5.82 Å². The highest BCUT2D eigenvalue weighted by molar-refractivity contribution is 5.87. The third-order valence-corrected chi connectivity index (χ3v) is 4.45. The molecule has 22 heavy (non-hydrogen) atoms. The van der Waals surface area contributed by atoms with Crippen LogP contribution < -0.4 is 4.90 Å². The molecule has 1 fully saturated rings. The molecular formula is C20H20N2. The van der Waals surface area contributed by atoms with Crippen LogP contribution in [0.2, 0.25) is 0 Å². The molecule has 0 aliphatic carbocycles. The second kappa shape index (κ2) is 5.80. The molecule has 4 rings (SSSR count). The maximum absolute atomic E-state index is 5.00. The molecule has 0 spiro atoms. The molecule has 0 atom stereocenters. The number of rotatable bonds is 3. The maximum atomic E-state index is 5.00. The van der Waals surface area contributed by atoms with Crippen molar-refractivity contribution >= 4 is 16.6 Å². The summed E-state index contributed by atoms with van der Waals surface area (Å²) in [5, 5.41) is 2.57.